The monoisotopic (exact) mass is 262 g/mol. The van der Waals surface area contributed by atoms with Gasteiger partial charge in [0, 0.05) is 25.4 Å². The number of hydrogen-bond donors (Lipinski definition) is 2. The van der Waals surface area contributed by atoms with Crippen LogP contribution in [0.2, 0.25) is 0 Å². The van der Waals surface area contributed by atoms with Crippen molar-refractivity contribution in [2.45, 2.75) is 13.0 Å². The van der Waals surface area contributed by atoms with Gasteiger partial charge in [0.15, 0.2) is 0 Å². The topological polar surface area (TPSA) is 64.0 Å². The first-order valence-electron chi connectivity index (χ1n) is 6.21. The minimum absolute atomic E-state index is 0.138. The summed E-state index contributed by atoms with van der Waals surface area (Å²) in [5.41, 5.74) is 1.28. The number of carbonyl (C=O) groups is 1. The third-order valence-electron chi connectivity index (χ3n) is 3.32. The first-order valence-corrected chi connectivity index (χ1v) is 6.21. The Morgan fingerprint density at radius 2 is 2.11 bits per heavy atom. The SMILES string of the molecule is CCN1C=C(C(O)c2ccccc2C(=O)O)N(C)C1. The van der Waals surface area contributed by atoms with Crippen molar-refractivity contribution in [1.29, 1.82) is 0 Å². The summed E-state index contributed by atoms with van der Waals surface area (Å²) in [5, 5.41) is 19.6. The molecule has 0 radical (unpaired) electrons. The lowest BCUT2D eigenvalue weighted by atomic mass is 10.0. The maximum absolute atomic E-state index is 11.2. The minimum atomic E-state index is -1.02. The number of aromatic carboxylic acids is 1. The van der Waals surface area contributed by atoms with E-state index in [2.05, 4.69) is 4.90 Å². The van der Waals surface area contributed by atoms with Crippen molar-refractivity contribution in [2.75, 3.05) is 20.3 Å². The quantitative estimate of drug-likeness (QED) is 0.860. The van der Waals surface area contributed by atoms with Gasteiger partial charge in [-0.25, -0.2) is 4.79 Å². The molecule has 102 valence electrons. The Morgan fingerprint density at radius 3 is 2.68 bits per heavy atom. The first kappa shape index (κ1) is 13.4. The highest BCUT2D eigenvalue weighted by molar-refractivity contribution is 5.89. The molecular formula is C14H18N2O3. The molecule has 0 aliphatic carbocycles. The first-order chi connectivity index (χ1) is 9.04. The van der Waals surface area contributed by atoms with Crippen LogP contribution in [0, 0.1) is 0 Å². The lowest BCUT2D eigenvalue weighted by Crippen LogP contribution is -2.25. The normalized spacial score (nSPS) is 16.5. The van der Waals surface area contributed by atoms with Gasteiger partial charge >= 0.3 is 5.97 Å². The lowest BCUT2D eigenvalue weighted by molar-refractivity contribution is 0.0690. The van der Waals surface area contributed by atoms with E-state index < -0.39 is 12.1 Å². The van der Waals surface area contributed by atoms with Gasteiger partial charge in [0.05, 0.1) is 17.9 Å². The largest absolute Gasteiger partial charge is 0.478 e. The second-order valence-corrected chi connectivity index (χ2v) is 4.59. The van der Waals surface area contributed by atoms with E-state index in [-0.39, 0.29) is 5.56 Å². The van der Waals surface area contributed by atoms with Crippen molar-refractivity contribution in [2.24, 2.45) is 0 Å². The highest BCUT2D eigenvalue weighted by Gasteiger charge is 2.26. The smallest absolute Gasteiger partial charge is 0.336 e. The van der Waals surface area contributed by atoms with E-state index in [1.165, 1.54) is 6.07 Å². The maximum Gasteiger partial charge on any atom is 0.336 e. The number of aliphatic hydroxyl groups excluding tert-OH is 1. The number of likely N-dealkylation sites (N-methyl/N-ethyl adjacent to an activating group) is 1. The fraction of sp³-hybridized carbons (Fsp3) is 0.357. The highest BCUT2D eigenvalue weighted by atomic mass is 16.4. The molecular weight excluding hydrogens is 244 g/mol. The van der Waals surface area contributed by atoms with Gasteiger partial charge in [-0.1, -0.05) is 18.2 Å². The summed E-state index contributed by atoms with van der Waals surface area (Å²) < 4.78 is 0. The molecule has 19 heavy (non-hydrogen) atoms. The van der Waals surface area contributed by atoms with Crippen molar-refractivity contribution in [1.82, 2.24) is 9.80 Å². The van der Waals surface area contributed by atoms with Crippen LogP contribution in [0.5, 0.6) is 0 Å². The van der Waals surface area contributed by atoms with Crippen LogP contribution in [0.1, 0.15) is 28.9 Å². The van der Waals surface area contributed by atoms with Crippen LogP contribution in [0.4, 0.5) is 0 Å². The van der Waals surface area contributed by atoms with Crippen LogP contribution in [-0.2, 0) is 0 Å². The summed E-state index contributed by atoms with van der Waals surface area (Å²) in [4.78, 5) is 15.2. The zero-order valence-electron chi connectivity index (χ0n) is 11.1. The van der Waals surface area contributed by atoms with Gasteiger partial charge in [0.25, 0.3) is 0 Å². The van der Waals surface area contributed by atoms with Crippen LogP contribution in [-0.4, -0.2) is 46.2 Å². The molecule has 0 amide bonds. The molecule has 2 N–H and O–H groups in total. The summed E-state index contributed by atoms with van der Waals surface area (Å²) in [7, 11) is 1.88. The Bertz CT molecular complexity index is 513. The Labute approximate surface area is 112 Å². The van der Waals surface area contributed by atoms with Crippen molar-refractivity contribution in [3.8, 4) is 0 Å². The fourth-order valence-electron chi connectivity index (χ4n) is 2.24. The molecule has 5 heteroatoms. The average Bonchev–Trinajstić information content (AvgIpc) is 2.79. The predicted octanol–water partition coefficient (Wildman–Crippen LogP) is 1.48. The van der Waals surface area contributed by atoms with Gasteiger partial charge in [-0.05, 0) is 13.0 Å². The van der Waals surface area contributed by atoms with E-state index in [1.807, 2.05) is 25.1 Å². The van der Waals surface area contributed by atoms with Crippen molar-refractivity contribution in [3.05, 3.63) is 47.3 Å². The van der Waals surface area contributed by atoms with Crippen molar-refractivity contribution >= 4 is 5.97 Å². The van der Waals surface area contributed by atoms with E-state index in [4.69, 9.17) is 5.11 Å². The fourth-order valence-corrected chi connectivity index (χ4v) is 2.24. The number of rotatable bonds is 4. The molecule has 1 heterocycles. The van der Waals surface area contributed by atoms with Crippen LogP contribution < -0.4 is 0 Å². The number of nitrogens with zero attached hydrogens (tertiary/aromatic N) is 2. The Kier molecular flexibility index (Phi) is 3.76. The van der Waals surface area contributed by atoms with E-state index in [9.17, 15) is 9.90 Å². The summed E-state index contributed by atoms with van der Waals surface area (Å²) >= 11 is 0. The van der Waals surface area contributed by atoms with Crippen molar-refractivity contribution < 1.29 is 15.0 Å². The molecule has 1 aliphatic heterocycles. The van der Waals surface area contributed by atoms with Gasteiger partial charge in [0.2, 0.25) is 0 Å². The molecule has 2 rings (SSSR count). The minimum Gasteiger partial charge on any atom is -0.478 e. The van der Waals surface area contributed by atoms with Crippen LogP contribution in [0.3, 0.4) is 0 Å². The zero-order chi connectivity index (χ0) is 14.0. The second kappa shape index (κ2) is 5.32. The second-order valence-electron chi connectivity index (χ2n) is 4.59. The Hall–Kier alpha value is -2.01. The van der Waals surface area contributed by atoms with E-state index in [1.54, 1.807) is 18.2 Å². The van der Waals surface area contributed by atoms with Crippen LogP contribution in [0.25, 0.3) is 0 Å². The average molecular weight is 262 g/mol. The molecule has 0 spiro atoms. The predicted molar refractivity (Wildman–Crippen MR) is 71.5 cm³/mol. The molecule has 0 bridgehead atoms. The number of aliphatic hydroxyl groups is 1. The van der Waals surface area contributed by atoms with Crippen LogP contribution in [0.15, 0.2) is 36.2 Å². The number of hydrogen-bond acceptors (Lipinski definition) is 4. The maximum atomic E-state index is 11.2. The zero-order valence-corrected chi connectivity index (χ0v) is 11.1. The Balaban J connectivity index is 2.35. The van der Waals surface area contributed by atoms with E-state index >= 15 is 0 Å². The van der Waals surface area contributed by atoms with E-state index in [0.29, 0.717) is 12.2 Å². The van der Waals surface area contributed by atoms with Gasteiger partial charge in [-0.2, -0.15) is 0 Å². The van der Waals surface area contributed by atoms with Gasteiger partial charge in [0.1, 0.15) is 6.10 Å². The molecule has 1 aromatic rings. The standard InChI is InChI=1S/C14H18N2O3/c1-3-16-8-12(15(2)9-16)13(17)10-6-4-5-7-11(10)14(18)19/h4-8,13,17H,3,9H2,1-2H3,(H,18,19). The van der Waals surface area contributed by atoms with E-state index in [0.717, 1.165) is 12.2 Å². The third kappa shape index (κ3) is 2.56. The molecule has 1 aliphatic rings. The third-order valence-corrected chi connectivity index (χ3v) is 3.32. The molecule has 1 unspecified atom stereocenters. The Morgan fingerprint density at radius 1 is 1.42 bits per heavy atom. The molecule has 1 aromatic carbocycles. The number of benzene rings is 1. The number of carboxylic acid groups (broad SMARTS) is 1. The lowest BCUT2D eigenvalue weighted by Gasteiger charge is -2.22. The summed E-state index contributed by atoms with van der Waals surface area (Å²) in [6.07, 6.45) is 0.956. The summed E-state index contributed by atoms with van der Waals surface area (Å²) in [5.74, 6) is -1.02. The summed E-state index contributed by atoms with van der Waals surface area (Å²) in [6, 6.07) is 6.55. The molecule has 0 aromatic heterocycles. The molecule has 0 saturated heterocycles. The molecule has 0 saturated carbocycles. The molecule has 5 nitrogen and oxygen atoms in total. The molecule has 0 fully saturated rings. The molecule has 1 atom stereocenters. The van der Waals surface area contributed by atoms with Crippen molar-refractivity contribution in [3.63, 3.8) is 0 Å². The van der Waals surface area contributed by atoms with Gasteiger partial charge in [-0.3, -0.25) is 0 Å². The highest BCUT2D eigenvalue weighted by Crippen LogP contribution is 2.29. The number of carboxylic acids is 1. The van der Waals surface area contributed by atoms with Gasteiger partial charge in [-0.15, -0.1) is 0 Å². The van der Waals surface area contributed by atoms with Crippen LogP contribution >= 0.6 is 0 Å². The summed E-state index contributed by atoms with van der Waals surface area (Å²) in [6.45, 7) is 3.59. The van der Waals surface area contributed by atoms with Gasteiger partial charge < -0.3 is 20.0 Å².